The zero-order valence-electron chi connectivity index (χ0n) is 36.0. The molecule has 0 saturated carbocycles. The van der Waals surface area contributed by atoms with Crippen LogP contribution in [0.3, 0.4) is 0 Å². The van der Waals surface area contributed by atoms with E-state index in [0.717, 1.165) is 78.0 Å². The molecule has 0 amide bonds. The van der Waals surface area contributed by atoms with E-state index < -0.39 is 0 Å². The maximum absolute atomic E-state index is 5.14. The summed E-state index contributed by atoms with van der Waals surface area (Å²) in [4.78, 5) is 20.2. The molecular formula is C62H42N4. The molecule has 2 heterocycles. The number of aromatic nitrogens is 4. The lowest BCUT2D eigenvalue weighted by Crippen LogP contribution is -2.01. The van der Waals surface area contributed by atoms with E-state index in [4.69, 9.17) is 19.9 Å². The zero-order chi connectivity index (χ0) is 44.1. The third-order valence-corrected chi connectivity index (χ3v) is 12.0. The van der Waals surface area contributed by atoms with Gasteiger partial charge in [0.1, 0.15) is 0 Å². The van der Waals surface area contributed by atoms with Gasteiger partial charge in [-0.3, -0.25) is 4.98 Å². The molecule has 0 atom stereocenters. The van der Waals surface area contributed by atoms with Gasteiger partial charge in [0, 0.05) is 28.5 Å². The molecule has 4 nitrogen and oxygen atoms in total. The molecule has 0 saturated heterocycles. The van der Waals surface area contributed by atoms with E-state index >= 15 is 0 Å². The fourth-order valence-corrected chi connectivity index (χ4v) is 8.74. The van der Waals surface area contributed by atoms with Crippen LogP contribution >= 0.6 is 0 Å². The molecular weight excluding hydrogens is 801 g/mol. The number of nitrogens with zero attached hydrogens (tertiary/aromatic N) is 4. The van der Waals surface area contributed by atoms with Crippen molar-refractivity contribution in [2.75, 3.05) is 0 Å². The van der Waals surface area contributed by atoms with Crippen molar-refractivity contribution in [3.8, 4) is 112 Å². The Morgan fingerprint density at radius 3 is 1.12 bits per heavy atom. The Morgan fingerprint density at radius 2 is 0.576 bits per heavy atom. The van der Waals surface area contributed by atoms with Gasteiger partial charge < -0.3 is 0 Å². The third-order valence-electron chi connectivity index (χ3n) is 12.0. The van der Waals surface area contributed by atoms with Gasteiger partial charge in [0.15, 0.2) is 17.5 Å². The summed E-state index contributed by atoms with van der Waals surface area (Å²) in [6.07, 6.45) is 1.86. The Hall–Kier alpha value is -8.86. The molecule has 0 radical (unpaired) electrons. The number of rotatable bonds is 10. The Morgan fingerprint density at radius 1 is 0.197 bits per heavy atom. The number of hydrogen-bond acceptors (Lipinski definition) is 4. The van der Waals surface area contributed by atoms with Crippen LogP contribution in [0, 0.1) is 0 Å². The number of pyridine rings is 1. The summed E-state index contributed by atoms with van der Waals surface area (Å²) in [6.45, 7) is 0. The van der Waals surface area contributed by atoms with Crippen LogP contribution in [0.15, 0.2) is 255 Å². The molecule has 0 aliphatic rings. The van der Waals surface area contributed by atoms with E-state index in [2.05, 4.69) is 170 Å². The monoisotopic (exact) mass is 842 g/mol. The van der Waals surface area contributed by atoms with Gasteiger partial charge in [0.2, 0.25) is 0 Å². The number of benzene rings is 9. The Kier molecular flexibility index (Phi) is 10.9. The topological polar surface area (TPSA) is 51.6 Å². The second kappa shape index (κ2) is 18.1. The molecule has 0 N–H and O–H groups in total. The fourth-order valence-electron chi connectivity index (χ4n) is 8.74. The Bertz CT molecular complexity index is 3370. The predicted octanol–water partition coefficient (Wildman–Crippen LogP) is 15.9. The van der Waals surface area contributed by atoms with Crippen molar-refractivity contribution in [3.05, 3.63) is 255 Å². The minimum absolute atomic E-state index is 0.600. The maximum atomic E-state index is 5.14. The van der Waals surface area contributed by atoms with Crippen molar-refractivity contribution in [2.24, 2.45) is 0 Å². The van der Waals surface area contributed by atoms with E-state index in [9.17, 15) is 0 Å². The Balaban J connectivity index is 1.05. The van der Waals surface area contributed by atoms with Crippen LogP contribution in [0.25, 0.3) is 112 Å². The van der Waals surface area contributed by atoms with Crippen LogP contribution in [-0.4, -0.2) is 19.9 Å². The highest BCUT2D eigenvalue weighted by Gasteiger charge is 2.20. The van der Waals surface area contributed by atoms with E-state index in [-0.39, 0.29) is 0 Å². The second-order valence-electron chi connectivity index (χ2n) is 16.2. The molecule has 310 valence electrons. The van der Waals surface area contributed by atoms with Gasteiger partial charge >= 0.3 is 0 Å². The largest absolute Gasteiger partial charge is 0.256 e. The molecule has 2 aromatic heterocycles. The van der Waals surface area contributed by atoms with Gasteiger partial charge in [-0.05, 0) is 103 Å². The first-order valence-electron chi connectivity index (χ1n) is 22.2. The van der Waals surface area contributed by atoms with Crippen LogP contribution in [0.4, 0.5) is 0 Å². The summed E-state index contributed by atoms with van der Waals surface area (Å²) in [6, 6.07) is 87.2. The molecule has 0 aliphatic carbocycles. The first-order chi connectivity index (χ1) is 32.7. The van der Waals surface area contributed by atoms with Crippen LogP contribution in [0.1, 0.15) is 0 Å². The van der Waals surface area contributed by atoms with Crippen molar-refractivity contribution in [2.45, 2.75) is 0 Å². The average molecular weight is 843 g/mol. The average Bonchev–Trinajstić information content (AvgIpc) is 3.42. The minimum Gasteiger partial charge on any atom is -0.256 e. The molecule has 0 aliphatic heterocycles. The zero-order valence-corrected chi connectivity index (χ0v) is 36.0. The lowest BCUT2D eigenvalue weighted by Gasteiger charge is -2.18. The summed E-state index contributed by atoms with van der Waals surface area (Å²) in [5.74, 6) is 1.84. The molecule has 0 spiro atoms. The van der Waals surface area contributed by atoms with Crippen molar-refractivity contribution < 1.29 is 0 Å². The summed E-state index contributed by atoms with van der Waals surface area (Å²) < 4.78 is 0. The summed E-state index contributed by atoms with van der Waals surface area (Å²) in [5.41, 5.74) is 18.2. The first-order valence-corrected chi connectivity index (χ1v) is 22.2. The summed E-state index contributed by atoms with van der Waals surface area (Å²) in [7, 11) is 0. The first kappa shape index (κ1) is 40.0. The number of hydrogen-bond donors (Lipinski definition) is 0. The minimum atomic E-state index is 0.600. The highest BCUT2D eigenvalue weighted by Crippen LogP contribution is 2.43. The third kappa shape index (κ3) is 8.23. The van der Waals surface area contributed by atoms with Crippen LogP contribution < -0.4 is 0 Å². The Labute approximate surface area is 385 Å². The van der Waals surface area contributed by atoms with Gasteiger partial charge in [0.25, 0.3) is 0 Å². The molecule has 11 rings (SSSR count). The highest BCUT2D eigenvalue weighted by molar-refractivity contribution is 5.95. The normalized spacial score (nSPS) is 11.0. The lowest BCUT2D eigenvalue weighted by atomic mass is 9.87. The molecule has 0 unspecified atom stereocenters. The standard InChI is InChI=1S/C62H42N4/c1-5-19-43(20-6-1)45-32-34-46(35-33-45)51-39-50(44-21-7-2-8-22-44)40-52(41-51)54-28-14-13-27-53(54)49-36-37-56(58(42-49)59-31-17-18-38-63-59)55-29-15-16-30-57(55)62-65-60(47-23-9-3-10-24-47)64-61(66-62)48-25-11-4-12-26-48/h1-42H. The van der Waals surface area contributed by atoms with Crippen LogP contribution in [0.5, 0.6) is 0 Å². The second-order valence-corrected chi connectivity index (χ2v) is 16.2. The predicted molar refractivity (Wildman–Crippen MR) is 272 cm³/mol. The summed E-state index contributed by atoms with van der Waals surface area (Å²) in [5, 5.41) is 0. The molecule has 9 aromatic carbocycles. The smallest absolute Gasteiger partial charge is 0.164 e. The van der Waals surface area contributed by atoms with E-state index in [1.54, 1.807) is 0 Å². The molecule has 0 fully saturated rings. The van der Waals surface area contributed by atoms with Gasteiger partial charge in [-0.25, -0.2) is 15.0 Å². The maximum Gasteiger partial charge on any atom is 0.164 e. The van der Waals surface area contributed by atoms with Crippen molar-refractivity contribution in [1.82, 2.24) is 19.9 Å². The molecule has 4 heteroatoms. The highest BCUT2D eigenvalue weighted by atomic mass is 15.0. The van der Waals surface area contributed by atoms with E-state index in [1.807, 2.05) is 85.1 Å². The van der Waals surface area contributed by atoms with Gasteiger partial charge in [-0.15, -0.1) is 0 Å². The quantitative estimate of drug-likeness (QED) is 0.138. The molecule has 66 heavy (non-hydrogen) atoms. The van der Waals surface area contributed by atoms with Gasteiger partial charge in [0.05, 0.1) is 5.69 Å². The van der Waals surface area contributed by atoms with Crippen molar-refractivity contribution in [3.63, 3.8) is 0 Å². The van der Waals surface area contributed by atoms with Crippen molar-refractivity contribution >= 4 is 0 Å². The molecule has 0 bridgehead atoms. The van der Waals surface area contributed by atoms with Crippen LogP contribution in [0.2, 0.25) is 0 Å². The van der Waals surface area contributed by atoms with E-state index in [0.29, 0.717) is 17.5 Å². The van der Waals surface area contributed by atoms with Crippen LogP contribution in [-0.2, 0) is 0 Å². The SMILES string of the molecule is c1ccc(-c2ccc(-c3cc(-c4ccccc4)cc(-c4ccccc4-c4ccc(-c5ccccc5-c5nc(-c6ccccc6)nc(-c6ccccc6)n5)c(-c5ccccn5)c4)c3)cc2)cc1. The van der Waals surface area contributed by atoms with Gasteiger partial charge in [-0.2, -0.15) is 0 Å². The fraction of sp³-hybridized carbons (Fsp3) is 0. The van der Waals surface area contributed by atoms with E-state index in [1.165, 1.54) is 16.7 Å². The van der Waals surface area contributed by atoms with Crippen molar-refractivity contribution in [1.29, 1.82) is 0 Å². The lowest BCUT2D eigenvalue weighted by molar-refractivity contribution is 1.07. The summed E-state index contributed by atoms with van der Waals surface area (Å²) >= 11 is 0. The molecule has 11 aromatic rings. The van der Waals surface area contributed by atoms with Gasteiger partial charge in [-0.1, -0.05) is 212 Å².